The van der Waals surface area contributed by atoms with Crippen molar-refractivity contribution in [1.82, 2.24) is 9.80 Å². The van der Waals surface area contributed by atoms with Crippen LogP contribution >= 0.6 is 22.9 Å². The van der Waals surface area contributed by atoms with Crippen LogP contribution in [0.4, 0.5) is 16.2 Å². The summed E-state index contributed by atoms with van der Waals surface area (Å²) in [5.41, 5.74) is 0.548. The van der Waals surface area contributed by atoms with Gasteiger partial charge < -0.3 is 10.2 Å². The molecule has 0 radical (unpaired) electrons. The third kappa shape index (κ3) is 4.68. The van der Waals surface area contributed by atoms with Crippen molar-refractivity contribution in [3.8, 4) is 0 Å². The molecule has 3 rings (SSSR count). The van der Waals surface area contributed by atoms with E-state index in [-0.39, 0.29) is 11.7 Å². The van der Waals surface area contributed by atoms with Crippen molar-refractivity contribution in [3.63, 3.8) is 0 Å². The molecule has 25 heavy (non-hydrogen) atoms. The van der Waals surface area contributed by atoms with E-state index >= 15 is 0 Å². The zero-order valence-corrected chi connectivity index (χ0v) is 14.9. The zero-order valence-electron chi connectivity index (χ0n) is 13.4. The van der Waals surface area contributed by atoms with E-state index in [0.717, 1.165) is 24.0 Å². The quantitative estimate of drug-likeness (QED) is 0.648. The van der Waals surface area contributed by atoms with Gasteiger partial charge in [0.05, 0.1) is 9.26 Å². The summed E-state index contributed by atoms with van der Waals surface area (Å²) in [4.78, 5) is 27.7. The lowest BCUT2D eigenvalue weighted by molar-refractivity contribution is -0.384. The Hall–Kier alpha value is -2.16. The number of thiophene rings is 1. The van der Waals surface area contributed by atoms with E-state index < -0.39 is 4.92 Å². The molecular formula is C16H17ClN4O3S. The van der Waals surface area contributed by atoms with Crippen LogP contribution in [0.2, 0.25) is 4.34 Å². The van der Waals surface area contributed by atoms with Gasteiger partial charge in [-0.1, -0.05) is 11.6 Å². The summed E-state index contributed by atoms with van der Waals surface area (Å²) in [6.07, 6.45) is 0. The predicted molar refractivity (Wildman–Crippen MR) is 98.3 cm³/mol. The minimum atomic E-state index is -0.467. The van der Waals surface area contributed by atoms with Crippen LogP contribution in [0.25, 0.3) is 0 Å². The first-order valence-electron chi connectivity index (χ1n) is 7.78. The molecule has 0 spiro atoms. The third-order valence-corrected chi connectivity index (χ3v) is 5.21. The fourth-order valence-electron chi connectivity index (χ4n) is 2.64. The van der Waals surface area contributed by atoms with Crippen molar-refractivity contribution in [1.29, 1.82) is 0 Å². The van der Waals surface area contributed by atoms with Crippen molar-refractivity contribution in [2.75, 3.05) is 31.5 Å². The van der Waals surface area contributed by atoms with Crippen LogP contribution in [0.1, 0.15) is 4.88 Å². The van der Waals surface area contributed by atoms with Gasteiger partial charge in [0.2, 0.25) is 0 Å². The van der Waals surface area contributed by atoms with E-state index in [9.17, 15) is 14.9 Å². The molecule has 7 nitrogen and oxygen atoms in total. The molecule has 0 unspecified atom stereocenters. The van der Waals surface area contributed by atoms with E-state index in [1.165, 1.54) is 29.1 Å². The average Bonchev–Trinajstić information content (AvgIpc) is 3.01. The van der Waals surface area contributed by atoms with Crippen molar-refractivity contribution in [3.05, 3.63) is 55.7 Å². The molecule has 1 saturated heterocycles. The Kier molecular flexibility index (Phi) is 5.52. The van der Waals surface area contributed by atoms with Crippen molar-refractivity contribution >= 4 is 40.3 Å². The Morgan fingerprint density at radius 3 is 2.40 bits per heavy atom. The van der Waals surface area contributed by atoms with Gasteiger partial charge in [-0.3, -0.25) is 15.0 Å². The second kappa shape index (κ2) is 7.81. The number of benzene rings is 1. The van der Waals surface area contributed by atoms with Crippen molar-refractivity contribution in [2.45, 2.75) is 6.54 Å². The molecule has 1 aliphatic rings. The predicted octanol–water partition coefficient (Wildman–Crippen LogP) is 3.66. The normalized spacial score (nSPS) is 15.2. The van der Waals surface area contributed by atoms with Gasteiger partial charge in [0.15, 0.2) is 0 Å². The Morgan fingerprint density at radius 1 is 1.16 bits per heavy atom. The van der Waals surface area contributed by atoms with Gasteiger partial charge in [-0.05, 0) is 24.3 Å². The van der Waals surface area contributed by atoms with E-state index in [0.29, 0.717) is 18.8 Å². The lowest BCUT2D eigenvalue weighted by atomic mass is 10.3. The molecule has 0 saturated carbocycles. The molecule has 0 bridgehead atoms. The highest BCUT2D eigenvalue weighted by Crippen LogP contribution is 2.23. The number of hydrogen-bond acceptors (Lipinski definition) is 5. The highest BCUT2D eigenvalue weighted by atomic mass is 35.5. The Balaban J connectivity index is 1.48. The first-order chi connectivity index (χ1) is 12.0. The van der Waals surface area contributed by atoms with E-state index in [4.69, 9.17) is 11.6 Å². The minimum absolute atomic E-state index is 0.000272. The number of amides is 2. The highest BCUT2D eigenvalue weighted by Gasteiger charge is 2.21. The largest absolute Gasteiger partial charge is 0.322 e. The summed E-state index contributed by atoms with van der Waals surface area (Å²) in [5.74, 6) is 0. The first-order valence-corrected chi connectivity index (χ1v) is 8.97. The molecule has 2 amide bonds. The smallest absolute Gasteiger partial charge is 0.321 e. The number of anilines is 1. The molecule has 0 atom stereocenters. The van der Waals surface area contributed by atoms with Gasteiger partial charge in [-0.25, -0.2) is 4.79 Å². The molecule has 1 aromatic heterocycles. The number of halogens is 1. The second-order valence-corrected chi connectivity index (χ2v) is 7.50. The van der Waals surface area contributed by atoms with E-state index in [1.807, 2.05) is 12.1 Å². The van der Waals surface area contributed by atoms with Gasteiger partial charge >= 0.3 is 6.03 Å². The molecule has 2 aromatic rings. The minimum Gasteiger partial charge on any atom is -0.322 e. The monoisotopic (exact) mass is 380 g/mol. The number of nitrogens with one attached hydrogen (secondary N) is 1. The SMILES string of the molecule is O=C(Nc1ccc([N+](=O)[O-])cc1)N1CCN(Cc2ccc(Cl)s2)CC1. The number of non-ortho nitro benzene ring substituents is 1. The molecule has 2 heterocycles. The van der Waals surface area contributed by atoms with Crippen LogP contribution < -0.4 is 5.32 Å². The molecule has 1 N–H and O–H groups in total. The Morgan fingerprint density at radius 2 is 1.84 bits per heavy atom. The van der Waals surface area contributed by atoms with Crippen LogP contribution in [0, 0.1) is 10.1 Å². The van der Waals surface area contributed by atoms with Gasteiger partial charge in [-0.2, -0.15) is 0 Å². The first kappa shape index (κ1) is 17.7. The molecule has 1 aliphatic heterocycles. The highest BCUT2D eigenvalue weighted by molar-refractivity contribution is 7.16. The zero-order chi connectivity index (χ0) is 17.8. The topological polar surface area (TPSA) is 78.7 Å². The van der Waals surface area contributed by atoms with Gasteiger partial charge in [0, 0.05) is 55.4 Å². The molecule has 1 fully saturated rings. The maximum Gasteiger partial charge on any atom is 0.321 e. The van der Waals surface area contributed by atoms with Crippen LogP contribution in [0.15, 0.2) is 36.4 Å². The second-order valence-electron chi connectivity index (χ2n) is 5.70. The number of carbonyl (C=O) groups excluding carboxylic acids is 1. The third-order valence-electron chi connectivity index (χ3n) is 4.00. The van der Waals surface area contributed by atoms with Crippen LogP contribution in [0.3, 0.4) is 0 Å². The summed E-state index contributed by atoms with van der Waals surface area (Å²) < 4.78 is 0.788. The summed E-state index contributed by atoms with van der Waals surface area (Å²) in [6.45, 7) is 3.71. The maximum absolute atomic E-state index is 12.3. The van der Waals surface area contributed by atoms with Crippen molar-refractivity contribution < 1.29 is 9.72 Å². The molecule has 9 heteroatoms. The fraction of sp³-hybridized carbons (Fsp3) is 0.312. The number of nitrogens with zero attached hydrogens (tertiary/aromatic N) is 3. The van der Waals surface area contributed by atoms with E-state index in [2.05, 4.69) is 10.2 Å². The fourth-order valence-corrected chi connectivity index (χ4v) is 3.77. The standard InChI is InChI=1S/C16H17ClN4O3S/c17-15-6-5-14(25-15)11-19-7-9-20(10-8-19)16(22)18-12-1-3-13(4-2-12)21(23)24/h1-6H,7-11H2,(H,18,22). The maximum atomic E-state index is 12.3. The number of carbonyl (C=O) groups is 1. The van der Waals surface area contributed by atoms with E-state index in [1.54, 1.807) is 16.2 Å². The van der Waals surface area contributed by atoms with Gasteiger partial charge in [-0.15, -0.1) is 11.3 Å². The van der Waals surface area contributed by atoms with Gasteiger partial charge in [0.1, 0.15) is 0 Å². The molecule has 132 valence electrons. The number of nitro benzene ring substituents is 1. The molecular weight excluding hydrogens is 364 g/mol. The average molecular weight is 381 g/mol. The number of rotatable bonds is 4. The Bertz CT molecular complexity index is 757. The molecule has 0 aliphatic carbocycles. The number of piperazine rings is 1. The number of urea groups is 1. The van der Waals surface area contributed by atoms with Crippen LogP contribution in [0.5, 0.6) is 0 Å². The summed E-state index contributed by atoms with van der Waals surface area (Å²) >= 11 is 7.52. The van der Waals surface area contributed by atoms with Crippen LogP contribution in [-0.2, 0) is 6.54 Å². The lowest BCUT2D eigenvalue weighted by Gasteiger charge is -2.34. The van der Waals surface area contributed by atoms with Gasteiger partial charge in [0.25, 0.3) is 5.69 Å². The van der Waals surface area contributed by atoms with Crippen LogP contribution in [-0.4, -0.2) is 46.9 Å². The van der Waals surface area contributed by atoms with Crippen molar-refractivity contribution in [2.24, 2.45) is 0 Å². The number of hydrogen-bond donors (Lipinski definition) is 1. The summed E-state index contributed by atoms with van der Waals surface area (Å²) in [7, 11) is 0. The summed E-state index contributed by atoms with van der Waals surface area (Å²) in [5, 5.41) is 13.4. The molecule has 1 aromatic carbocycles. The summed E-state index contributed by atoms with van der Waals surface area (Å²) in [6, 6.07) is 9.56. The lowest BCUT2D eigenvalue weighted by Crippen LogP contribution is -2.49. The number of nitro groups is 1. The Labute approximate surface area is 153 Å².